The van der Waals surface area contributed by atoms with Crippen molar-refractivity contribution in [1.82, 2.24) is 0 Å². The van der Waals surface area contributed by atoms with Gasteiger partial charge in [-0.1, -0.05) is 163 Å². The monoisotopic (exact) mass is 1410 g/mol. The van der Waals surface area contributed by atoms with Crippen LogP contribution < -0.4 is 0 Å². The van der Waals surface area contributed by atoms with E-state index in [9.17, 15) is 58.4 Å². The van der Waals surface area contributed by atoms with Gasteiger partial charge in [0.2, 0.25) is 0 Å². The second kappa shape index (κ2) is 43.6. The molecular weight excluding hydrogens is 1270 g/mol. The van der Waals surface area contributed by atoms with Crippen LogP contribution in [0.4, 0.5) is 17.6 Å². The smallest absolute Gasteiger partial charge is 0.133 e. The summed E-state index contributed by atoms with van der Waals surface area (Å²) in [4.78, 5) is 0. The highest BCUT2D eigenvalue weighted by Gasteiger charge is 2.19. The first kappa shape index (κ1) is 92.9. The minimum Gasteiger partial charge on any atom is -0.508 e. The first-order valence-electron chi connectivity index (χ1n) is 35.0. The topological polar surface area (TPSA) is 162 Å². The van der Waals surface area contributed by atoms with E-state index in [0.29, 0.717) is 74.4 Å². The number of halogens is 4. The van der Waals surface area contributed by atoms with Crippen LogP contribution in [-0.2, 0) is 0 Å². The largest absolute Gasteiger partial charge is 0.508 e. The summed E-state index contributed by atoms with van der Waals surface area (Å²) in [5.41, 5.74) is 17.6. The van der Waals surface area contributed by atoms with Crippen molar-refractivity contribution in [2.24, 2.45) is 0 Å². The second-order valence-electron chi connectivity index (χ2n) is 28.4. The van der Waals surface area contributed by atoms with E-state index in [4.69, 9.17) is 2.74 Å². The van der Waals surface area contributed by atoms with Gasteiger partial charge in [0.15, 0.2) is 0 Å². The van der Waals surface area contributed by atoms with Crippen LogP contribution in [0.15, 0.2) is 84.9 Å². The molecule has 0 heterocycles. The first-order chi connectivity index (χ1) is 45.9. The van der Waals surface area contributed by atoms with Gasteiger partial charge in [-0.15, -0.1) is 0 Å². The lowest BCUT2D eigenvalue weighted by molar-refractivity contribution is 0.451. The Morgan fingerprint density at radius 1 is 0.248 bits per heavy atom. The SMILES string of the molecule is C.C.C.Cc1cc(O)c(C(C)C)c(F)c1.Cc1cc(O)c(C(C)C)c(F)c1C.Cc1cc(O)c(C(C)C)c(F)c1C.Cc1cc(O)c(C(C)C)c(F)c1C.Cc1cc(O)c(C(C)C)cc1C.Cc1ccc(C(C)C)c(O)c1.[2H]c1c(C)c(C)cc(O)c1C(C)C.[2H]c1c(C)c(C)cc(O)c1C(C)C. The number of phenols is 8. The summed E-state index contributed by atoms with van der Waals surface area (Å²) < 4.78 is 69.7. The van der Waals surface area contributed by atoms with E-state index in [2.05, 4.69) is 40.7 Å². The fourth-order valence-corrected chi connectivity index (χ4v) is 10.4. The molecule has 8 aromatic carbocycles. The minimum atomic E-state index is -0.317. The van der Waals surface area contributed by atoms with Gasteiger partial charge in [-0.2, -0.15) is 0 Å². The zero-order chi connectivity index (χ0) is 77.9. The molecule has 8 N–H and O–H groups in total. The van der Waals surface area contributed by atoms with Crippen LogP contribution >= 0.6 is 0 Å². The molecule has 0 aliphatic heterocycles. The Balaban J connectivity index is -0.00000111. The molecule has 0 radical (unpaired) electrons. The quantitative estimate of drug-likeness (QED) is 0.0698. The lowest BCUT2D eigenvalue weighted by Crippen LogP contribution is -1.98. The molecule has 0 atom stereocenters. The molecule has 101 heavy (non-hydrogen) atoms. The van der Waals surface area contributed by atoms with Gasteiger partial charge in [0.1, 0.15) is 69.3 Å². The predicted octanol–water partition coefficient (Wildman–Crippen LogP) is 26.9. The lowest BCUT2D eigenvalue weighted by atomic mass is 9.96. The molecule has 0 aliphatic rings. The van der Waals surface area contributed by atoms with Crippen molar-refractivity contribution in [2.75, 3.05) is 0 Å². The number of rotatable bonds is 8. The van der Waals surface area contributed by atoms with Crippen LogP contribution in [-0.4, -0.2) is 40.9 Å². The van der Waals surface area contributed by atoms with E-state index in [1.54, 1.807) is 90.9 Å². The summed E-state index contributed by atoms with van der Waals surface area (Å²) in [6.07, 6.45) is 0. The predicted molar refractivity (Wildman–Crippen MR) is 424 cm³/mol. The van der Waals surface area contributed by atoms with E-state index < -0.39 is 0 Å². The molecule has 0 saturated heterocycles. The van der Waals surface area contributed by atoms with Gasteiger partial charge in [-0.3, -0.25) is 0 Å². The number of aromatic hydroxyl groups is 8. The molecule has 0 spiro atoms. The fraction of sp³-hybridized carbons (Fsp3) is 0.461. The highest BCUT2D eigenvalue weighted by atomic mass is 19.1. The van der Waals surface area contributed by atoms with E-state index in [0.717, 1.165) is 77.9 Å². The van der Waals surface area contributed by atoms with Gasteiger partial charge >= 0.3 is 0 Å². The van der Waals surface area contributed by atoms with Gasteiger partial charge in [0, 0.05) is 22.3 Å². The van der Waals surface area contributed by atoms with Crippen LogP contribution in [0.5, 0.6) is 46.0 Å². The van der Waals surface area contributed by atoms with E-state index in [1.165, 1.54) is 11.6 Å². The third-order valence-electron chi connectivity index (χ3n) is 17.2. The molecular formula is C89H132F4O8. The maximum atomic E-state index is 13.6. The van der Waals surface area contributed by atoms with Crippen LogP contribution in [0.3, 0.4) is 0 Å². The molecule has 564 valence electrons. The summed E-state index contributed by atoms with van der Waals surface area (Å²) >= 11 is 0. The number of aryl methyl sites for hydroxylation is 9. The van der Waals surface area contributed by atoms with Crippen LogP contribution in [0.25, 0.3) is 0 Å². The lowest BCUT2D eigenvalue weighted by Gasteiger charge is -2.13. The minimum absolute atomic E-state index is 0. The zero-order valence-electron chi connectivity index (χ0n) is 66.6. The first-order valence-corrected chi connectivity index (χ1v) is 34.0. The van der Waals surface area contributed by atoms with Crippen LogP contribution in [0.1, 0.15) is 306 Å². The zero-order valence-corrected chi connectivity index (χ0v) is 64.6. The molecule has 0 bridgehead atoms. The Labute approximate surface area is 612 Å². The van der Waals surface area contributed by atoms with Crippen molar-refractivity contribution in [3.8, 4) is 46.0 Å². The summed E-state index contributed by atoms with van der Waals surface area (Å²) in [7, 11) is 0. The molecule has 0 amide bonds. The summed E-state index contributed by atoms with van der Waals surface area (Å²) in [5.74, 6) is 1.72. The molecule has 0 saturated carbocycles. The molecule has 0 aliphatic carbocycles. The van der Waals surface area contributed by atoms with Crippen molar-refractivity contribution in [3.05, 3.63) is 231 Å². The van der Waals surface area contributed by atoms with Crippen molar-refractivity contribution < 1.29 is 61.2 Å². The van der Waals surface area contributed by atoms with Crippen LogP contribution in [0.2, 0.25) is 0 Å². The van der Waals surface area contributed by atoms with Gasteiger partial charge < -0.3 is 40.9 Å². The van der Waals surface area contributed by atoms with Gasteiger partial charge in [-0.25, -0.2) is 17.6 Å². The molecule has 0 unspecified atom stereocenters. The standard InChI is InChI=1S/3C11H15FO.3C11H16O.C10H13FO.C10H14O.3CH4/c3*1-6(2)10-9(13)5-7(3)8(4)11(10)12;3*1-7(2)10-5-8(3)9(4)6-11(10)12;1-6(2)10-8(11)4-7(3)5-9(10)12;1-7(2)9-5-4-8(3)6-10(9)11;;;/h3*5-6,13H,1-4H3;3*5-7,12H,1-4H3;4-6,12H,1-3H3;4-7,11H,1-3H3;3*1H4/i;;;2*5D;;;;;;. The van der Waals surface area contributed by atoms with E-state index >= 15 is 0 Å². The molecule has 8 aromatic rings. The maximum Gasteiger partial charge on any atom is 0.133 e. The molecule has 8 nitrogen and oxygen atoms in total. The molecule has 0 fully saturated rings. The average Bonchev–Trinajstić information content (AvgIpc) is 0.832. The van der Waals surface area contributed by atoms with Crippen molar-refractivity contribution in [1.29, 1.82) is 0 Å². The Hall–Kier alpha value is -8.12. The third kappa shape index (κ3) is 28.7. The average molecular weight is 1410 g/mol. The fourth-order valence-electron chi connectivity index (χ4n) is 10.4. The Morgan fingerprint density at radius 3 is 0.752 bits per heavy atom. The number of phenolic OH excluding ortho intramolecular Hbond substituents is 8. The normalized spacial score (nSPS) is 10.8. The van der Waals surface area contributed by atoms with Gasteiger partial charge in [-0.05, 0) is 299 Å². The maximum absolute atomic E-state index is 13.6. The van der Waals surface area contributed by atoms with Gasteiger partial charge in [0.05, 0.1) is 2.74 Å². The summed E-state index contributed by atoms with van der Waals surface area (Å²) in [6.45, 7) is 57.3. The highest BCUT2D eigenvalue weighted by Crippen LogP contribution is 2.37. The number of hydrogen-bond donors (Lipinski definition) is 8. The Morgan fingerprint density at radius 2 is 0.485 bits per heavy atom. The summed E-state index contributed by atoms with van der Waals surface area (Å²) in [6, 6.07) is 22.0. The molecule has 12 heteroatoms. The third-order valence-corrected chi connectivity index (χ3v) is 17.2. The van der Waals surface area contributed by atoms with Crippen molar-refractivity contribution >= 4 is 0 Å². The molecule has 8 rings (SSSR count). The molecule has 0 aromatic heterocycles. The number of benzene rings is 8. The van der Waals surface area contributed by atoms with Crippen molar-refractivity contribution in [2.45, 2.75) is 277 Å². The van der Waals surface area contributed by atoms with E-state index in [-0.39, 0.29) is 116 Å². The summed E-state index contributed by atoms with van der Waals surface area (Å²) in [5, 5.41) is 76.3. The van der Waals surface area contributed by atoms with E-state index in [1.807, 2.05) is 143 Å². The van der Waals surface area contributed by atoms with Crippen molar-refractivity contribution in [3.63, 3.8) is 0 Å². The second-order valence-corrected chi connectivity index (χ2v) is 28.4. The van der Waals surface area contributed by atoms with Gasteiger partial charge in [0.25, 0.3) is 0 Å². The number of hydrogen-bond acceptors (Lipinski definition) is 8. The highest BCUT2D eigenvalue weighted by molar-refractivity contribution is 5.48. The van der Waals surface area contributed by atoms with Crippen LogP contribution in [0, 0.1) is 120 Å². The Kier molecular flexibility index (Phi) is 40.1. The Bertz CT molecular complexity index is 3620.